The van der Waals surface area contributed by atoms with Crippen LogP contribution in [0.3, 0.4) is 0 Å². The number of halogens is 1. The highest BCUT2D eigenvalue weighted by Gasteiger charge is 2.12. The largest absolute Gasteiger partial charge is 0.390 e. The normalized spacial score (nSPS) is 12.5. The number of thioether (sulfide) groups is 1. The van der Waals surface area contributed by atoms with Crippen molar-refractivity contribution < 1.29 is 5.11 Å². The Morgan fingerprint density at radius 3 is 2.66 bits per heavy atom. The smallest absolute Gasteiger partial charge is 0.0812 e. The van der Waals surface area contributed by atoms with Gasteiger partial charge in [0.15, 0.2) is 0 Å². The summed E-state index contributed by atoms with van der Waals surface area (Å²) in [7, 11) is 0. The lowest BCUT2D eigenvalue weighted by molar-refractivity contribution is 0.180. The first-order chi connectivity index (χ1) is 15.6. The zero-order valence-corrected chi connectivity index (χ0v) is 20.1. The second-order valence-electron chi connectivity index (χ2n) is 8.02. The van der Waals surface area contributed by atoms with E-state index in [1.54, 1.807) is 11.8 Å². The Labute approximate surface area is 200 Å². The first kappa shape index (κ1) is 21.3. The third kappa shape index (κ3) is 4.46. The molecule has 0 spiro atoms. The summed E-state index contributed by atoms with van der Waals surface area (Å²) in [6, 6.07) is 27.1. The summed E-state index contributed by atoms with van der Waals surface area (Å²) >= 11 is 5.21. The number of aromatic nitrogens is 2. The van der Waals surface area contributed by atoms with Crippen LogP contribution in [0.1, 0.15) is 5.56 Å². The number of aryl methyl sites for hydroxylation is 1. The van der Waals surface area contributed by atoms with E-state index in [-0.39, 0.29) is 0 Å². The van der Waals surface area contributed by atoms with Crippen molar-refractivity contribution in [1.82, 2.24) is 9.55 Å². The molecule has 0 radical (unpaired) electrons. The molecule has 2 heterocycles. The third-order valence-electron chi connectivity index (χ3n) is 5.60. The highest BCUT2D eigenvalue weighted by molar-refractivity contribution is 9.10. The highest BCUT2D eigenvalue weighted by Crippen LogP contribution is 2.32. The van der Waals surface area contributed by atoms with Crippen LogP contribution in [0.4, 0.5) is 0 Å². The van der Waals surface area contributed by atoms with Gasteiger partial charge in [-0.3, -0.25) is 0 Å². The number of pyridine rings is 1. The van der Waals surface area contributed by atoms with Gasteiger partial charge in [0.1, 0.15) is 0 Å². The molecule has 2 aromatic heterocycles. The van der Waals surface area contributed by atoms with Gasteiger partial charge in [0, 0.05) is 49.7 Å². The van der Waals surface area contributed by atoms with Crippen LogP contribution in [0.2, 0.25) is 0 Å². The van der Waals surface area contributed by atoms with Crippen molar-refractivity contribution in [2.45, 2.75) is 24.5 Å². The van der Waals surface area contributed by atoms with Gasteiger partial charge in [0.05, 0.1) is 17.3 Å². The van der Waals surface area contributed by atoms with E-state index in [2.05, 4.69) is 88.1 Å². The molecular formula is C27H23BrN2OS. The molecule has 0 saturated carbocycles. The van der Waals surface area contributed by atoms with Crippen molar-refractivity contribution >= 4 is 49.5 Å². The van der Waals surface area contributed by atoms with E-state index >= 15 is 0 Å². The molecule has 0 fully saturated rings. The monoisotopic (exact) mass is 502 g/mol. The van der Waals surface area contributed by atoms with Gasteiger partial charge in [-0.1, -0.05) is 64.0 Å². The number of fused-ring (bicyclic) bond motifs is 2. The Morgan fingerprint density at radius 2 is 1.81 bits per heavy atom. The first-order valence-electron chi connectivity index (χ1n) is 10.6. The summed E-state index contributed by atoms with van der Waals surface area (Å²) in [5.41, 5.74) is 5.41. The maximum absolute atomic E-state index is 10.8. The maximum atomic E-state index is 10.8. The molecule has 3 nitrogen and oxygen atoms in total. The lowest BCUT2D eigenvalue weighted by atomic mass is 10.1. The second kappa shape index (κ2) is 9.10. The molecule has 160 valence electrons. The van der Waals surface area contributed by atoms with Gasteiger partial charge >= 0.3 is 0 Å². The van der Waals surface area contributed by atoms with Crippen LogP contribution < -0.4 is 0 Å². The van der Waals surface area contributed by atoms with Gasteiger partial charge in [-0.25, -0.2) is 4.98 Å². The molecule has 3 aromatic carbocycles. The van der Waals surface area contributed by atoms with E-state index in [1.807, 2.05) is 24.4 Å². The van der Waals surface area contributed by atoms with E-state index in [1.165, 1.54) is 10.9 Å². The molecule has 5 aromatic rings. The quantitative estimate of drug-likeness (QED) is 0.252. The van der Waals surface area contributed by atoms with Crippen LogP contribution in [-0.4, -0.2) is 26.5 Å². The van der Waals surface area contributed by atoms with Crippen molar-refractivity contribution in [2.75, 3.05) is 5.75 Å². The zero-order chi connectivity index (χ0) is 22.1. The number of hydrogen-bond donors (Lipinski definition) is 1. The number of benzene rings is 3. The lowest BCUT2D eigenvalue weighted by Crippen LogP contribution is -2.17. The average Bonchev–Trinajstić information content (AvgIpc) is 3.19. The summed E-state index contributed by atoms with van der Waals surface area (Å²) < 4.78 is 3.18. The fraction of sp³-hybridized carbons (Fsp3) is 0.148. The number of aliphatic hydroxyl groups is 1. The van der Waals surface area contributed by atoms with Crippen LogP contribution >= 0.6 is 27.7 Å². The van der Waals surface area contributed by atoms with Crippen molar-refractivity contribution in [3.05, 3.63) is 95.1 Å². The molecule has 0 aliphatic rings. The number of rotatable bonds is 6. The molecule has 0 aliphatic heterocycles. The molecular weight excluding hydrogens is 480 g/mol. The predicted octanol–water partition coefficient (Wildman–Crippen LogP) is 7.08. The highest BCUT2D eigenvalue weighted by atomic mass is 79.9. The van der Waals surface area contributed by atoms with E-state index in [4.69, 9.17) is 4.98 Å². The van der Waals surface area contributed by atoms with Crippen molar-refractivity contribution in [3.63, 3.8) is 0 Å². The predicted molar refractivity (Wildman–Crippen MR) is 138 cm³/mol. The van der Waals surface area contributed by atoms with E-state index < -0.39 is 6.10 Å². The molecule has 0 saturated heterocycles. The van der Waals surface area contributed by atoms with Crippen LogP contribution in [0, 0.1) is 6.92 Å². The third-order valence-corrected chi connectivity index (χ3v) is 7.29. The number of aliphatic hydroxyl groups excluding tert-OH is 1. The minimum Gasteiger partial charge on any atom is -0.390 e. The lowest BCUT2D eigenvalue weighted by Gasteiger charge is -2.14. The van der Waals surface area contributed by atoms with Gasteiger partial charge in [0.25, 0.3) is 0 Å². The van der Waals surface area contributed by atoms with Crippen LogP contribution in [0.15, 0.2) is 94.4 Å². The zero-order valence-electron chi connectivity index (χ0n) is 17.7. The molecule has 0 aliphatic carbocycles. The van der Waals surface area contributed by atoms with Crippen LogP contribution in [0.25, 0.3) is 33.1 Å². The number of hydrogen-bond acceptors (Lipinski definition) is 3. The van der Waals surface area contributed by atoms with E-state index in [9.17, 15) is 5.11 Å². The van der Waals surface area contributed by atoms with Crippen molar-refractivity contribution in [1.29, 1.82) is 0 Å². The van der Waals surface area contributed by atoms with E-state index in [0.29, 0.717) is 12.3 Å². The topological polar surface area (TPSA) is 38.0 Å². The molecule has 32 heavy (non-hydrogen) atoms. The Bertz CT molecular complexity index is 1390. The Morgan fingerprint density at radius 1 is 1.00 bits per heavy atom. The summed E-state index contributed by atoms with van der Waals surface area (Å²) in [5, 5.41) is 13.1. The standard InChI is InChI=1S/C27H23BrN2OS/c1-18-6-8-19(9-7-18)25-15-27(23-4-2-3-5-24(23)29-25)32-17-22(31)16-30-13-12-20-14-21(28)10-11-26(20)30/h2-15,22,31H,16-17H2,1H3. The summed E-state index contributed by atoms with van der Waals surface area (Å²) in [6.45, 7) is 2.65. The summed E-state index contributed by atoms with van der Waals surface area (Å²) in [5.74, 6) is 0.609. The molecule has 0 bridgehead atoms. The van der Waals surface area contributed by atoms with Gasteiger partial charge in [-0.2, -0.15) is 0 Å². The molecule has 1 atom stereocenters. The molecule has 5 heteroatoms. The first-order valence-corrected chi connectivity index (χ1v) is 12.4. The van der Waals surface area contributed by atoms with Gasteiger partial charge in [-0.05, 0) is 43.3 Å². The molecule has 1 N–H and O–H groups in total. The van der Waals surface area contributed by atoms with Crippen LogP contribution in [0.5, 0.6) is 0 Å². The molecule has 0 amide bonds. The van der Waals surface area contributed by atoms with Gasteiger partial charge in [0.2, 0.25) is 0 Å². The number of nitrogens with zero attached hydrogens (tertiary/aromatic N) is 2. The fourth-order valence-electron chi connectivity index (χ4n) is 3.93. The molecule has 5 rings (SSSR count). The maximum Gasteiger partial charge on any atom is 0.0812 e. The number of para-hydroxylation sites is 1. The minimum atomic E-state index is -0.464. The molecule has 1 unspecified atom stereocenters. The minimum absolute atomic E-state index is 0.464. The van der Waals surface area contributed by atoms with Crippen molar-refractivity contribution in [2.24, 2.45) is 0 Å². The second-order valence-corrected chi connectivity index (χ2v) is 10.0. The van der Waals surface area contributed by atoms with E-state index in [0.717, 1.165) is 37.0 Å². The fourth-order valence-corrected chi connectivity index (χ4v) is 5.31. The Kier molecular flexibility index (Phi) is 6.05. The summed E-state index contributed by atoms with van der Waals surface area (Å²) in [4.78, 5) is 6.03. The Balaban J connectivity index is 1.38. The van der Waals surface area contributed by atoms with Crippen LogP contribution in [-0.2, 0) is 6.54 Å². The van der Waals surface area contributed by atoms with Gasteiger partial charge in [-0.15, -0.1) is 11.8 Å². The summed E-state index contributed by atoms with van der Waals surface area (Å²) in [6.07, 6.45) is 1.58. The van der Waals surface area contributed by atoms with Crippen molar-refractivity contribution in [3.8, 4) is 11.3 Å². The SMILES string of the molecule is Cc1ccc(-c2cc(SCC(O)Cn3ccc4cc(Br)ccc43)c3ccccc3n2)cc1. The average molecular weight is 503 g/mol. The Hall–Kier alpha value is -2.60. The van der Waals surface area contributed by atoms with Gasteiger partial charge < -0.3 is 9.67 Å².